The van der Waals surface area contributed by atoms with E-state index in [1.807, 2.05) is 12.1 Å². The predicted octanol–water partition coefficient (Wildman–Crippen LogP) is 0.992. The number of hydrogen-bond acceptors (Lipinski definition) is 6. The zero-order valence-corrected chi connectivity index (χ0v) is 13.4. The summed E-state index contributed by atoms with van der Waals surface area (Å²) in [5.41, 5.74) is 1.48. The highest BCUT2D eigenvalue weighted by Crippen LogP contribution is 2.31. The van der Waals surface area contributed by atoms with Crippen molar-refractivity contribution in [1.82, 2.24) is 20.3 Å². The average Bonchev–Trinajstić information content (AvgIpc) is 2.59. The fourth-order valence-electron chi connectivity index (χ4n) is 2.86. The number of methoxy groups -OCH3 is 1. The molecular weight excluding hydrogens is 308 g/mol. The third-order valence-electron chi connectivity index (χ3n) is 4.31. The van der Waals surface area contributed by atoms with Gasteiger partial charge in [0.1, 0.15) is 0 Å². The normalized spacial score (nSPS) is 20.8. The Morgan fingerprint density at radius 3 is 2.58 bits per heavy atom. The van der Waals surface area contributed by atoms with Crippen LogP contribution in [0.2, 0.25) is 0 Å². The van der Waals surface area contributed by atoms with E-state index in [0.29, 0.717) is 24.8 Å². The van der Waals surface area contributed by atoms with Crippen molar-refractivity contribution in [1.29, 1.82) is 0 Å². The summed E-state index contributed by atoms with van der Waals surface area (Å²) in [6, 6.07) is 4.04. The number of nitrogens with zero attached hydrogens (tertiary/aromatic N) is 3. The number of nitrogens with one attached hydrogen (secondary N) is 1. The van der Waals surface area contributed by atoms with Crippen LogP contribution >= 0.6 is 0 Å². The van der Waals surface area contributed by atoms with E-state index >= 15 is 0 Å². The van der Waals surface area contributed by atoms with Crippen LogP contribution in [0.25, 0.3) is 0 Å². The molecule has 126 valence electrons. The highest BCUT2D eigenvalue weighted by molar-refractivity contribution is 5.93. The summed E-state index contributed by atoms with van der Waals surface area (Å²) in [6.45, 7) is 0. The summed E-state index contributed by atoms with van der Waals surface area (Å²) in [7, 11) is 1.47. The second kappa shape index (κ2) is 7.35. The molecule has 0 aromatic carbocycles. The van der Waals surface area contributed by atoms with E-state index in [-0.39, 0.29) is 30.0 Å². The lowest BCUT2D eigenvalue weighted by Crippen LogP contribution is -2.48. The molecule has 0 unspecified atom stereocenters. The Morgan fingerprint density at radius 1 is 1.33 bits per heavy atom. The molecule has 0 bridgehead atoms. The van der Waals surface area contributed by atoms with Gasteiger partial charge in [0.25, 0.3) is 5.91 Å². The Hall–Kier alpha value is -2.54. The van der Waals surface area contributed by atoms with Gasteiger partial charge in [0.05, 0.1) is 18.8 Å². The minimum absolute atomic E-state index is 0.0506. The van der Waals surface area contributed by atoms with Crippen molar-refractivity contribution in [3.05, 3.63) is 48.0 Å². The monoisotopic (exact) mass is 328 g/mol. The van der Waals surface area contributed by atoms with Crippen LogP contribution < -0.4 is 10.1 Å². The van der Waals surface area contributed by atoms with Crippen LogP contribution in [0, 0.1) is 5.92 Å². The van der Waals surface area contributed by atoms with E-state index in [1.54, 1.807) is 12.4 Å². The number of rotatable bonds is 6. The fourth-order valence-corrected chi connectivity index (χ4v) is 2.86. The van der Waals surface area contributed by atoms with E-state index in [2.05, 4.69) is 20.3 Å². The van der Waals surface area contributed by atoms with Crippen molar-refractivity contribution in [2.75, 3.05) is 7.11 Å². The van der Waals surface area contributed by atoms with Gasteiger partial charge >= 0.3 is 6.01 Å². The standard InChI is InChI=1S/C17H20N4O3/c1-24-17-19-9-13(10-20-17)16(23)21-15(12-7-14(22)8-12)6-11-2-4-18-5-3-11/h2-5,9-10,12,14-15,22H,6-8H2,1H3,(H,21,23)/t12?,14?,15-/m1/s1. The molecule has 0 saturated heterocycles. The highest BCUT2D eigenvalue weighted by atomic mass is 16.5. The van der Waals surface area contributed by atoms with Crippen molar-refractivity contribution in [2.45, 2.75) is 31.4 Å². The Bertz CT molecular complexity index is 672. The largest absolute Gasteiger partial charge is 0.467 e. The molecule has 1 atom stereocenters. The van der Waals surface area contributed by atoms with Crippen LogP contribution in [0.3, 0.4) is 0 Å². The van der Waals surface area contributed by atoms with Crippen molar-refractivity contribution < 1.29 is 14.6 Å². The average molecular weight is 328 g/mol. The number of aromatic nitrogens is 3. The molecule has 1 fully saturated rings. The van der Waals surface area contributed by atoms with Gasteiger partial charge in [-0.3, -0.25) is 9.78 Å². The molecule has 0 radical (unpaired) electrons. The van der Waals surface area contributed by atoms with Gasteiger partial charge in [-0.15, -0.1) is 0 Å². The number of ether oxygens (including phenoxy) is 1. The minimum Gasteiger partial charge on any atom is -0.467 e. The molecule has 0 aliphatic heterocycles. The first-order valence-corrected chi connectivity index (χ1v) is 7.89. The van der Waals surface area contributed by atoms with Crippen molar-refractivity contribution in [2.24, 2.45) is 5.92 Å². The molecule has 24 heavy (non-hydrogen) atoms. The first-order chi connectivity index (χ1) is 11.7. The second-order valence-electron chi connectivity index (χ2n) is 5.98. The number of pyridine rings is 1. The number of carbonyl (C=O) groups excluding carboxylic acids is 1. The lowest BCUT2D eigenvalue weighted by molar-refractivity contribution is 0.0239. The van der Waals surface area contributed by atoms with E-state index in [9.17, 15) is 9.90 Å². The highest BCUT2D eigenvalue weighted by Gasteiger charge is 2.35. The molecule has 1 amide bonds. The van der Waals surface area contributed by atoms with Gasteiger partial charge in [-0.05, 0) is 42.9 Å². The summed E-state index contributed by atoms with van der Waals surface area (Å²) >= 11 is 0. The number of aliphatic hydroxyl groups excluding tert-OH is 1. The number of carbonyl (C=O) groups is 1. The van der Waals surface area contributed by atoms with Gasteiger partial charge in [-0.1, -0.05) is 0 Å². The molecule has 2 N–H and O–H groups in total. The zero-order chi connectivity index (χ0) is 16.9. The van der Waals surface area contributed by atoms with Gasteiger partial charge in [0.15, 0.2) is 0 Å². The van der Waals surface area contributed by atoms with Crippen LogP contribution in [0.15, 0.2) is 36.9 Å². The van der Waals surface area contributed by atoms with Crippen LogP contribution in [0.1, 0.15) is 28.8 Å². The molecular formula is C17H20N4O3. The maximum absolute atomic E-state index is 12.5. The topological polar surface area (TPSA) is 97.2 Å². The fraction of sp³-hybridized carbons (Fsp3) is 0.412. The summed E-state index contributed by atoms with van der Waals surface area (Å²) in [4.78, 5) is 24.4. The Labute approximate surface area is 140 Å². The Kier molecular flexibility index (Phi) is 5.00. The first-order valence-electron chi connectivity index (χ1n) is 7.89. The minimum atomic E-state index is -0.267. The van der Waals surface area contributed by atoms with Gasteiger partial charge in [0.2, 0.25) is 0 Å². The Balaban J connectivity index is 1.69. The molecule has 3 rings (SSSR count). The molecule has 1 saturated carbocycles. The third kappa shape index (κ3) is 3.86. The van der Waals surface area contributed by atoms with Gasteiger partial charge in [0, 0.05) is 30.8 Å². The zero-order valence-electron chi connectivity index (χ0n) is 13.4. The summed E-state index contributed by atoms with van der Waals surface area (Å²) < 4.78 is 4.90. The van der Waals surface area contributed by atoms with Crippen molar-refractivity contribution >= 4 is 5.91 Å². The predicted molar refractivity (Wildman–Crippen MR) is 86.5 cm³/mol. The molecule has 2 aromatic heterocycles. The van der Waals surface area contributed by atoms with Crippen LogP contribution in [0.5, 0.6) is 6.01 Å². The van der Waals surface area contributed by atoms with Gasteiger partial charge in [-0.2, -0.15) is 0 Å². The summed E-state index contributed by atoms with van der Waals surface area (Å²) in [5, 5.41) is 12.6. The van der Waals surface area contributed by atoms with Crippen LogP contribution in [0.4, 0.5) is 0 Å². The second-order valence-corrected chi connectivity index (χ2v) is 5.98. The van der Waals surface area contributed by atoms with Gasteiger partial charge in [-0.25, -0.2) is 9.97 Å². The third-order valence-corrected chi connectivity index (χ3v) is 4.31. The van der Waals surface area contributed by atoms with E-state index in [4.69, 9.17) is 4.74 Å². The van der Waals surface area contributed by atoms with Crippen LogP contribution in [-0.2, 0) is 6.42 Å². The van der Waals surface area contributed by atoms with E-state index in [1.165, 1.54) is 19.5 Å². The molecule has 1 aliphatic carbocycles. The molecule has 2 heterocycles. The first kappa shape index (κ1) is 16.3. The lowest BCUT2D eigenvalue weighted by Gasteiger charge is -2.38. The summed E-state index contributed by atoms with van der Waals surface area (Å²) in [5.74, 6) is 0.0365. The molecule has 2 aromatic rings. The van der Waals surface area contributed by atoms with E-state index < -0.39 is 0 Å². The maximum atomic E-state index is 12.5. The molecule has 7 heteroatoms. The Morgan fingerprint density at radius 2 is 2.00 bits per heavy atom. The number of hydrogen-bond donors (Lipinski definition) is 2. The molecule has 0 spiro atoms. The summed E-state index contributed by atoms with van der Waals surface area (Å²) in [6.07, 6.45) is 8.20. The van der Waals surface area contributed by atoms with E-state index in [0.717, 1.165) is 5.56 Å². The number of aliphatic hydroxyl groups is 1. The van der Waals surface area contributed by atoms with Gasteiger partial charge < -0.3 is 15.2 Å². The van der Waals surface area contributed by atoms with Crippen LogP contribution in [-0.4, -0.2) is 45.2 Å². The van der Waals surface area contributed by atoms with Crippen molar-refractivity contribution in [3.63, 3.8) is 0 Å². The smallest absolute Gasteiger partial charge is 0.316 e. The molecule has 7 nitrogen and oxygen atoms in total. The number of amides is 1. The molecule has 1 aliphatic rings. The quantitative estimate of drug-likeness (QED) is 0.821. The maximum Gasteiger partial charge on any atom is 0.316 e. The lowest BCUT2D eigenvalue weighted by atomic mass is 9.75. The SMILES string of the molecule is COc1ncc(C(=O)N[C@H](Cc2ccncc2)C2CC(O)C2)cn1. The van der Waals surface area contributed by atoms with Crippen molar-refractivity contribution in [3.8, 4) is 6.01 Å².